The fourth-order valence-corrected chi connectivity index (χ4v) is 2.96. The number of likely N-dealkylation sites (tertiary alicyclic amines) is 1. The highest BCUT2D eigenvalue weighted by molar-refractivity contribution is 5.80. The van der Waals surface area contributed by atoms with Gasteiger partial charge in [0.1, 0.15) is 0 Å². The lowest BCUT2D eigenvalue weighted by atomic mass is 9.93. The van der Waals surface area contributed by atoms with Crippen molar-refractivity contribution in [2.75, 3.05) is 33.2 Å². The number of hydrogen-bond acceptors (Lipinski definition) is 3. The minimum absolute atomic E-state index is 0.143. The predicted octanol–water partition coefficient (Wildman–Crippen LogP) is 1.44. The lowest BCUT2D eigenvalue weighted by Crippen LogP contribution is -2.46. The van der Waals surface area contributed by atoms with Crippen molar-refractivity contribution in [3.8, 4) is 0 Å². The summed E-state index contributed by atoms with van der Waals surface area (Å²) < 4.78 is 0. The molecule has 0 spiro atoms. The number of nitrogens with one attached hydrogen (secondary N) is 2. The summed E-state index contributed by atoms with van der Waals surface area (Å²) in [4.78, 5) is 22.9. The van der Waals surface area contributed by atoms with E-state index in [0.29, 0.717) is 12.3 Å². The first-order valence-electron chi connectivity index (χ1n) is 8.86. The van der Waals surface area contributed by atoms with Gasteiger partial charge in [-0.15, -0.1) is 0 Å². The zero-order chi connectivity index (χ0) is 17.2. The van der Waals surface area contributed by atoms with Crippen molar-refractivity contribution in [3.63, 3.8) is 0 Å². The number of hydrogen-bond donors (Lipinski definition) is 2. The van der Waals surface area contributed by atoms with E-state index in [2.05, 4.69) is 27.4 Å². The van der Waals surface area contributed by atoms with Gasteiger partial charge in [-0.1, -0.05) is 6.07 Å². The quantitative estimate of drug-likeness (QED) is 0.611. The van der Waals surface area contributed by atoms with Crippen LogP contribution in [-0.4, -0.2) is 55.0 Å². The monoisotopic (exact) mass is 331 g/mol. The third-order valence-corrected chi connectivity index (χ3v) is 4.36. The van der Waals surface area contributed by atoms with Crippen molar-refractivity contribution >= 4 is 11.9 Å². The summed E-state index contributed by atoms with van der Waals surface area (Å²) in [6.45, 7) is 5.60. The molecule has 0 saturated carbocycles. The number of carbonyl (C=O) groups excluding carboxylic acids is 1. The Morgan fingerprint density at radius 3 is 2.79 bits per heavy atom. The number of aliphatic imine (C=N–C) groups is 1. The highest BCUT2D eigenvalue weighted by atomic mass is 16.1. The van der Waals surface area contributed by atoms with E-state index >= 15 is 0 Å². The van der Waals surface area contributed by atoms with Crippen LogP contribution in [0.5, 0.6) is 0 Å². The van der Waals surface area contributed by atoms with Crippen LogP contribution >= 0.6 is 0 Å². The molecule has 1 aromatic rings. The molecule has 6 heteroatoms. The van der Waals surface area contributed by atoms with Crippen LogP contribution in [0.3, 0.4) is 0 Å². The van der Waals surface area contributed by atoms with Gasteiger partial charge in [-0.2, -0.15) is 0 Å². The molecule has 6 nitrogen and oxygen atoms in total. The van der Waals surface area contributed by atoms with Gasteiger partial charge in [0.15, 0.2) is 5.96 Å². The second kappa shape index (κ2) is 9.90. The number of nitrogens with zero attached hydrogens (tertiary/aromatic N) is 3. The van der Waals surface area contributed by atoms with Gasteiger partial charge in [-0.25, -0.2) is 0 Å². The molecule has 0 aliphatic carbocycles. The van der Waals surface area contributed by atoms with Crippen LogP contribution in [-0.2, 0) is 11.2 Å². The van der Waals surface area contributed by atoms with Crippen LogP contribution in [0.25, 0.3) is 0 Å². The van der Waals surface area contributed by atoms with E-state index in [9.17, 15) is 4.79 Å². The average Bonchev–Trinajstić information content (AvgIpc) is 2.62. The van der Waals surface area contributed by atoms with E-state index in [1.807, 2.05) is 24.4 Å². The number of rotatable bonds is 6. The fraction of sp³-hybridized carbons (Fsp3) is 0.611. The van der Waals surface area contributed by atoms with Crippen LogP contribution in [0, 0.1) is 5.92 Å². The van der Waals surface area contributed by atoms with Gasteiger partial charge in [-0.3, -0.25) is 14.8 Å². The summed E-state index contributed by atoms with van der Waals surface area (Å²) in [5.74, 6) is 1.61. The molecule has 1 aliphatic heterocycles. The van der Waals surface area contributed by atoms with Gasteiger partial charge in [-0.05, 0) is 37.8 Å². The first-order chi connectivity index (χ1) is 11.7. The summed E-state index contributed by atoms with van der Waals surface area (Å²) in [5, 5.41) is 6.10. The molecule has 0 aromatic carbocycles. The van der Waals surface area contributed by atoms with Gasteiger partial charge in [0.2, 0.25) is 5.91 Å². The Morgan fingerprint density at radius 1 is 1.38 bits per heavy atom. The molecule has 1 saturated heterocycles. The largest absolute Gasteiger partial charge is 0.359 e. The molecule has 0 radical (unpaired) electrons. The summed E-state index contributed by atoms with van der Waals surface area (Å²) in [6, 6.07) is 5.97. The maximum atomic E-state index is 11.5. The first kappa shape index (κ1) is 18.2. The molecule has 2 N–H and O–H groups in total. The molecular formula is C18H29N5O. The summed E-state index contributed by atoms with van der Waals surface area (Å²) in [5.41, 5.74) is 1.07. The van der Waals surface area contributed by atoms with E-state index in [-0.39, 0.29) is 5.91 Å². The van der Waals surface area contributed by atoms with Crippen LogP contribution in [0.2, 0.25) is 0 Å². The van der Waals surface area contributed by atoms with Crippen LogP contribution < -0.4 is 10.6 Å². The number of guanidine groups is 1. The Kier molecular flexibility index (Phi) is 7.52. The molecule has 1 amide bonds. The lowest BCUT2D eigenvalue weighted by Gasteiger charge is -2.34. The molecule has 2 rings (SSSR count). The minimum Gasteiger partial charge on any atom is -0.359 e. The second-order valence-corrected chi connectivity index (χ2v) is 6.11. The third-order valence-electron chi connectivity index (χ3n) is 4.36. The Labute approximate surface area is 144 Å². The van der Waals surface area contributed by atoms with Gasteiger partial charge in [0, 0.05) is 58.0 Å². The predicted molar refractivity (Wildman–Crippen MR) is 96.9 cm³/mol. The van der Waals surface area contributed by atoms with Gasteiger partial charge in [0.05, 0.1) is 0 Å². The molecule has 0 unspecified atom stereocenters. The summed E-state index contributed by atoms with van der Waals surface area (Å²) >= 11 is 0. The highest BCUT2D eigenvalue weighted by Gasteiger charge is 2.22. The van der Waals surface area contributed by atoms with Crippen LogP contribution in [0.15, 0.2) is 29.4 Å². The molecular weight excluding hydrogens is 302 g/mol. The molecule has 132 valence electrons. The number of piperidine rings is 1. The topological polar surface area (TPSA) is 69.6 Å². The van der Waals surface area contributed by atoms with E-state index in [1.165, 1.54) is 0 Å². The summed E-state index contributed by atoms with van der Waals surface area (Å²) in [7, 11) is 1.70. The van der Waals surface area contributed by atoms with E-state index in [4.69, 9.17) is 4.99 Å². The Balaban J connectivity index is 1.84. The van der Waals surface area contributed by atoms with E-state index < -0.39 is 0 Å². The standard InChI is InChI=1S/C18H29N5O/c1-3-20-18(22-11-7-16-6-4-5-10-21-16)23-12-8-15(9-13-23)14-17(24)19-2/h4-6,10,15H,3,7-9,11-14H2,1-2H3,(H,19,24)(H,20,22). The number of amides is 1. The van der Waals surface area contributed by atoms with Crippen molar-refractivity contribution in [3.05, 3.63) is 30.1 Å². The molecule has 1 aromatic heterocycles. The van der Waals surface area contributed by atoms with Gasteiger partial charge >= 0.3 is 0 Å². The smallest absolute Gasteiger partial charge is 0.220 e. The first-order valence-corrected chi connectivity index (χ1v) is 8.86. The van der Waals surface area contributed by atoms with Crippen molar-refractivity contribution in [1.82, 2.24) is 20.5 Å². The van der Waals surface area contributed by atoms with Crippen LogP contribution in [0.4, 0.5) is 0 Å². The minimum atomic E-state index is 0.143. The zero-order valence-electron chi connectivity index (χ0n) is 14.8. The second-order valence-electron chi connectivity index (χ2n) is 6.11. The molecule has 1 aliphatic rings. The SMILES string of the molecule is CCNC(=NCCc1ccccn1)N1CCC(CC(=O)NC)CC1. The Morgan fingerprint density at radius 2 is 2.17 bits per heavy atom. The van der Waals surface area contributed by atoms with Gasteiger partial charge in [0.25, 0.3) is 0 Å². The van der Waals surface area contributed by atoms with Crippen molar-refractivity contribution in [2.45, 2.75) is 32.6 Å². The molecule has 1 fully saturated rings. The summed E-state index contributed by atoms with van der Waals surface area (Å²) in [6.07, 6.45) is 5.39. The number of aromatic nitrogens is 1. The molecule has 2 heterocycles. The molecule has 24 heavy (non-hydrogen) atoms. The normalized spacial score (nSPS) is 16.1. The van der Waals surface area contributed by atoms with E-state index in [0.717, 1.165) is 57.1 Å². The highest BCUT2D eigenvalue weighted by Crippen LogP contribution is 2.20. The Hall–Kier alpha value is -2.11. The van der Waals surface area contributed by atoms with Crippen molar-refractivity contribution in [1.29, 1.82) is 0 Å². The maximum absolute atomic E-state index is 11.5. The third kappa shape index (κ3) is 5.83. The maximum Gasteiger partial charge on any atom is 0.220 e. The van der Waals surface area contributed by atoms with Crippen molar-refractivity contribution in [2.24, 2.45) is 10.9 Å². The molecule has 0 bridgehead atoms. The lowest BCUT2D eigenvalue weighted by molar-refractivity contribution is -0.121. The van der Waals surface area contributed by atoms with E-state index in [1.54, 1.807) is 7.05 Å². The van der Waals surface area contributed by atoms with Crippen LogP contribution in [0.1, 0.15) is 31.9 Å². The zero-order valence-corrected chi connectivity index (χ0v) is 14.8. The average molecular weight is 331 g/mol. The molecule has 0 atom stereocenters. The fourth-order valence-electron chi connectivity index (χ4n) is 2.96. The number of pyridine rings is 1. The van der Waals surface area contributed by atoms with Gasteiger partial charge < -0.3 is 15.5 Å². The number of carbonyl (C=O) groups is 1. The van der Waals surface area contributed by atoms with Crippen molar-refractivity contribution < 1.29 is 4.79 Å². The Bertz CT molecular complexity index is 523.